The summed E-state index contributed by atoms with van der Waals surface area (Å²) in [6.45, 7) is 1.26. The minimum absolute atomic E-state index is 0.117. The molecule has 1 aliphatic heterocycles. The maximum absolute atomic E-state index is 12.5. The highest BCUT2D eigenvalue weighted by Crippen LogP contribution is 2.37. The van der Waals surface area contributed by atoms with Gasteiger partial charge in [0, 0.05) is 42.7 Å². The molecule has 0 atom stereocenters. The maximum Gasteiger partial charge on any atom is 0.252 e. The van der Waals surface area contributed by atoms with E-state index in [4.69, 9.17) is 0 Å². The van der Waals surface area contributed by atoms with Crippen molar-refractivity contribution in [3.8, 4) is 0 Å². The van der Waals surface area contributed by atoms with Gasteiger partial charge in [0.05, 0.1) is 10.5 Å². The number of amides is 1. The van der Waals surface area contributed by atoms with Crippen LogP contribution in [0.2, 0.25) is 0 Å². The third kappa shape index (κ3) is 3.87. The van der Waals surface area contributed by atoms with Crippen LogP contribution in [0.1, 0.15) is 16.8 Å². The summed E-state index contributed by atoms with van der Waals surface area (Å²) >= 11 is 1.39. The Balaban J connectivity index is 2.10. The molecule has 2 N–H and O–H groups in total. The van der Waals surface area contributed by atoms with Crippen molar-refractivity contribution in [2.24, 2.45) is 0 Å². The van der Waals surface area contributed by atoms with E-state index in [1.165, 1.54) is 30.2 Å². The summed E-state index contributed by atoms with van der Waals surface area (Å²) in [6.07, 6.45) is 0.774. The maximum atomic E-state index is 12.5. The highest BCUT2D eigenvalue weighted by molar-refractivity contribution is 7.99. The summed E-state index contributed by atoms with van der Waals surface area (Å²) in [4.78, 5) is 14.2. The van der Waals surface area contributed by atoms with Gasteiger partial charge in [-0.05, 0) is 36.8 Å². The molecule has 0 aliphatic carbocycles. The largest absolute Gasteiger partial charge is 0.384 e. The van der Waals surface area contributed by atoms with E-state index in [0.29, 0.717) is 18.7 Å². The molecule has 1 aliphatic rings. The number of hydrogen-bond donors (Lipinski definition) is 2. The van der Waals surface area contributed by atoms with E-state index < -0.39 is 10.0 Å². The first kappa shape index (κ1) is 18.8. The molecule has 0 radical (unpaired) electrons. The molecule has 6 nitrogen and oxygen atoms in total. The number of nitrogens with one attached hydrogen (secondary N) is 2. The van der Waals surface area contributed by atoms with Crippen LogP contribution in [0.25, 0.3) is 0 Å². The fraction of sp³-hybridized carbons (Fsp3) is 0.278. The van der Waals surface area contributed by atoms with Crippen LogP contribution in [0.5, 0.6) is 0 Å². The third-order valence-electron chi connectivity index (χ3n) is 4.04. The molecule has 0 aromatic heterocycles. The number of carbonyl (C=O) groups is 1. The summed E-state index contributed by atoms with van der Waals surface area (Å²) in [7, 11) is -0.509. The van der Waals surface area contributed by atoms with Gasteiger partial charge in [-0.15, -0.1) is 0 Å². The zero-order valence-electron chi connectivity index (χ0n) is 14.7. The van der Waals surface area contributed by atoms with E-state index in [9.17, 15) is 13.2 Å². The Morgan fingerprint density at radius 2 is 1.73 bits per heavy atom. The predicted molar refractivity (Wildman–Crippen MR) is 103 cm³/mol. The second-order valence-corrected chi connectivity index (χ2v) is 9.32. The van der Waals surface area contributed by atoms with Gasteiger partial charge in [-0.1, -0.05) is 23.9 Å². The van der Waals surface area contributed by atoms with Gasteiger partial charge in [-0.2, -0.15) is 0 Å². The number of hydrogen-bond acceptors (Lipinski definition) is 5. The molecule has 1 amide bonds. The Morgan fingerprint density at radius 3 is 2.50 bits per heavy atom. The number of carbonyl (C=O) groups excluding carboxylic acids is 1. The minimum atomic E-state index is -3.53. The van der Waals surface area contributed by atoms with E-state index in [2.05, 4.69) is 10.6 Å². The molecule has 8 heteroatoms. The molecule has 0 bridgehead atoms. The molecule has 26 heavy (non-hydrogen) atoms. The first-order valence-corrected chi connectivity index (χ1v) is 10.5. The smallest absolute Gasteiger partial charge is 0.252 e. The van der Waals surface area contributed by atoms with Crippen LogP contribution < -0.4 is 10.6 Å². The number of fused-ring (bicyclic) bond motifs is 2. The Kier molecular flexibility index (Phi) is 5.55. The van der Waals surface area contributed by atoms with Crippen LogP contribution in [-0.2, 0) is 10.0 Å². The van der Waals surface area contributed by atoms with Crippen molar-refractivity contribution in [3.63, 3.8) is 0 Å². The highest BCUT2D eigenvalue weighted by atomic mass is 32.2. The predicted octanol–water partition coefficient (Wildman–Crippen LogP) is 2.63. The molecule has 2 aromatic rings. The van der Waals surface area contributed by atoms with Crippen LogP contribution in [0.3, 0.4) is 0 Å². The lowest BCUT2D eigenvalue weighted by molar-refractivity contribution is 0.0950. The van der Waals surface area contributed by atoms with Crippen molar-refractivity contribution >= 4 is 33.4 Å². The molecule has 2 aromatic carbocycles. The fourth-order valence-corrected chi connectivity index (χ4v) is 4.67. The van der Waals surface area contributed by atoms with Crippen molar-refractivity contribution in [2.45, 2.75) is 21.1 Å². The normalized spacial score (nSPS) is 15.3. The average molecular weight is 392 g/mol. The van der Waals surface area contributed by atoms with Crippen molar-refractivity contribution in [1.29, 1.82) is 0 Å². The zero-order chi connectivity index (χ0) is 18.7. The fourth-order valence-electron chi connectivity index (χ4n) is 2.57. The summed E-state index contributed by atoms with van der Waals surface area (Å²) < 4.78 is 26.2. The summed E-state index contributed by atoms with van der Waals surface area (Å²) in [5.41, 5.74) is 1.45. The first-order valence-electron chi connectivity index (χ1n) is 8.25. The van der Waals surface area contributed by atoms with E-state index in [1.54, 1.807) is 24.3 Å². The quantitative estimate of drug-likeness (QED) is 0.823. The highest BCUT2D eigenvalue weighted by Gasteiger charge is 2.20. The minimum Gasteiger partial charge on any atom is -0.384 e. The molecule has 0 unspecified atom stereocenters. The summed E-state index contributed by atoms with van der Waals surface area (Å²) in [5.74, 6) is -0.117. The van der Waals surface area contributed by atoms with Crippen LogP contribution in [0.15, 0.2) is 57.2 Å². The number of nitrogens with zero attached hydrogens (tertiary/aromatic N) is 1. The first-order chi connectivity index (χ1) is 12.4. The number of anilines is 1. The van der Waals surface area contributed by atoms with Crippen LogP contribution in [0, 0.1) is 0 Å². The van der Waals surface area contributed by atoms with E-state index >= 15 is 0 Å². The SMILES string of the molecule is CN(C)S(=O)(=O)c1ccc2c(c1)Sc1ccccc1C(=O)NCCCN2. The molecule has 0 saturated heterocycles. The standard InChI is InChI=1S/C18H21N3O3S2/c1-21(2)26(23,24)13-8-9-15-17(12-13)25-16-7-4-3-6-14(16)18(22)20-11-5-10-19-15/h3-4,6-9,12,19H,5,10-11H2,1-2H3,(H,20,22). The molecule has 0 saturated carbocycles. The van der Waals surface area contributed by atoms with Crippen molar-refractivity contribution in [1.82, 2.24) is 9.62 Å². The average Bonchev–Trinajstić information content (AvgIpc) is 2.64. The Morgan fingerprint density at radius 1 is 1.00 bits per heavy atom. The lowest BCUT2D eigenvalue weighted by Gasteiger charge is -2.16. The van der Waals surface area contributed by atoms with Crippen LogP contribution in [-0.4, -0.2) is 45.8 Å². The number of rotatable bonds is 2. The summed E-state index contributed by atoms with van der Waals surface area (Å²) in [5, 5.41) is 6.25. The zero-order valence-corrected chi connectivity index (χ0v) is 16.3. The van der Waals surface area contributed by atoms with Crippen molar-refractivity contribution in [3.05, 3.63) is 48.0 Å². The van der Waals surface area contributed by atoms with E-state index in [-0.39, 0.29) is 10.8 Å². The van der Waals surface area contributed by atoms with Gasteiger partial charge in [0.2, 0.25) is 10.0 Å². The van der Waals surface area contributed by atoms with E-state index in [0.717, 1.165) is 21.9 Å². The monoisotopic (exact) mass is 391 g/mol. The van der Waals surface area contributed by atoms with Gasteiger partial charge < -0.3 is 10.6 Å². The van der Waals surface area contributed by atoms with Gasteiger partial charge in [-0.25, -0.2) is 12.7 Å². The molecular weight excluding hydrogens is 370 g/mol. The Labute approximate surface area is 158 Å². The van der Waals surface area contributed by atoms with Gasteiger partial charge in [-0.3, -0.25) is 4.79 Å². The Bertz CT molecular complexity index is 927. The number of benzene rings is 2. The molecule has 0 fully saturated rings. The van der Waals surface area contributed by atoms with Crippen LogP contribution >= 0.6 is 11.8 Å². The summed E-state index contributed by atoms with van der Waals surface area (Å²) in [6, 6.07) is 12.4. The van der Waals surface area contributed by atoms with Gasteiger partial charge in [0.15, 0.2) is 0 Å². The molecule has 138 valence electrons. The second-order valence-electron chi connectivity index (χ2n) is 6.08. The van der Waals surface area contributed by atoms with Gasteiger partial charge >= 0.3 is 0 Å². The molecule has 3 rings (SSSR count). The van der Waals surface area contributed by atoms with E-state index in [1.807, 2.05) is 18.2 Å². The van der Waals surface area contributed by atoms with Crippen molar-refractivity contribution in [2.75, 3.05) is 32.5 Å². The third-order valence-corrected chi connectivity index (χ3v) is 6.98. The number of sulfonamides is 1. The Hall–Kier alpha value is -2.03. The lowest BCUT2D eigenvalue weighted by atomic mass is 10.2. The lowest BCUT2D eigenvalue weighted by Crippen LogP contribution is -2.26. The van der Waals surface area contributed by atoms with Crippen LogP contribution in [0.4, 0.5) is 5.69 Å². The van der Waals surface area contributed by atoms with Gasteiger partial charge in [0.25, 0.3) is 5.91 Å². The molecule has 0 spiro atoms. The topological polar surface area (TPSA) is 78.5 Å². The second kappa shape index (κ2) is 7.69. The molecular formula is C18H21N3O3S2. The molecule has 1 heterocycles. The van der Waals surface area contributed by atoms with Crippen molar-refractivity contribution < 1.29 is 13.2 Å². The van der Waals surface area contributed by atoms with Gasteiger partial charge in [0.1, 0.15) is 0 Å².